The first-order valence-electron chi connectivity index (χ1n) is 8.37. The van der Waals surface area contributed by atoms with E-state index in [-0.39, 0.29) is 24.4 Å². The molecule has 29 heavy (non-hydrogen) atoms. The highest BCUT2D eigenvalue weighted by Crippen LogP contribution is 2.36. The third kappa shape index (κ3) is 3.65. The molecule has 1 aromatic heterocycles. The molecule has 0 fully saturated rings. The van der Waals surface area contributed by atoms with Gasteiger partial charge in [0.15, 0.2) is 11.6 Å². The number of nitrogens with zero attached hydrogens (tertiary/aromatic N) is 2. The lowest BCUT2D eigenvalue weighted by Gasteiger charge is -2.27. The van der Waals surface area contributed by atoms with Crippen LogP contribution in [0.15, 0.2) is 30.5 Å². The fourth-order valence-electron chi connectivity index (χ4n) is 3.17. The number of carbonyl (C=O) groups is 2. The Morgan fingerprint density at radius 3 is 2.52 bits per heavy atom. The molecule has 1 aliphatic rings. The molecule has 0 aliphatic carbocycles. The molecular formula is C18H15F5N4O2. The average Bonchev–Trinajstić information content (AvgIpc) is 3.04. The normalized spacial score (nSPS) is 17.2. The molecule has 0 saturated carbocycles. The van der Waals surface area contributed by atoms with E-state index in [4.69, 9.17) is 11.5 Å². The summed E-state index contributed by atoms with van der Waals surface area (Å²) in [5, 5.41) is 0. The molecular weight excluding hydrogens is 399 g/mol. The van der Waals surface area contributed by atoms with Gasteiger partial charge >= 0.3 is 0 Å². The van der Waals surface area contributed by atoms with Crippen molar-refractivity contribution in [2.24, 2.45) is 11.5 Å². The topological polar surface area (TPSA) is 102 Å². The first kappa shape index (κ1) is 20.6. The molecule has 0 spiro atoms. The number of anilines is 1. The highest BCUT2D eigenvalue weighted by molar-refractivity contribution is 6.02. The van der Waals surface area contributed by atoms with Crippen LogP contribution in [0.5, 0.6) is 0 Å². The van der Waals surface area contributed by atoms with E-state index in [2.05, 4.69) is 4.98 Å². The van der Waals surface area contributed by atoms with Crippen LogP contribution in [0.3, 0.4) is 0 Å². The molecule has 3 rings (SSSR count). The molecule has 1 aromatic carbocycles. The molecule has 2 aromatic rings. The lowest BCUT2D eigenvalue weighted by Crippen LogP contribution is -2.50. The van der Waals surface area contributed by atoms with Crippen molar-refractivity contribution in [3.63, 3.8) is 0 Å². The van der Waals surface area contributed by atoms with Crippen molar-refractivity contribution in [1.82, 2.24) is 4.98 Å². The van der Waals surface area contributed by atoms with Crippen LogP contribution in [0.25, 0.3) is 0 Å². The Balaban J connectivity index is 1.88. The highest BCUT2D eigenvalue weighted by atomic mass is 19.3. The number of amides is 2. The largest absolute Gasteiger partial charge is 0.368 e. The second-order valence-electron chi connectivity index (χ2n) is 6.55. The van der Waals surface area contributed by atoms with Crippen LogP contribution < -0.4 is 16.4 Å². The molecule has 0 bridgehead atoms. The molecule has 154 valence electrons. The number of benzene rings is 1. The van der Waals surface area contributed by atoms with Gasteiger partial charge in [-0.15, -0.1) is 0 Å². The van der Waals surface area contributed by atoms with Crippen LogP contribution in [0, 0.1) is 17.5 Å². The standard InChI is InChI=1S/C18H15F5N4O2/c19-10-6-12(21)11(20)5-9(10)18(22,23)14(24)7-15(28)27-13(16(25)29)4-8-2-1-3-26-17(8)27/h1-3,5-6,13-14H,4,7,24H2,(H2,25,29)/t13-,14-/m0/s1. The summed E-state index contributed by atoms with van der Waals surface area (Å²) >= 11 is 0. The van der Waals surface area contributed by atoms with Crippen LogP contribution in [0.4, 0.5) is 27.8 Å². The third-order valence-corrected chi connectivity index (χ3v) is 4.65. The van der Waals surface area contributed by atoms with E-state index in [1.54, 1.807) is 12.1 Å². The number of hydrogen-bond acceptors (Lipinski definition) is 4. The van der Waals surface area contributed by atoms with Gasteiger partial charge in [0, 0.05) is 25.1 Å². The Bertz CT molecular complexity index is 985. The Labute approximate surface area is 161 Å². The van der Waals surface area contributed by atoms with Crippen molar-refractivity contribution in [3.8, 4) is 0 Å². The summed E-state index contributed by atoms with van der Waals surface area (Å²) in [6, 6.07) is -0.318. The van der Waals surface area contributed by atoms with Crippen molar-refractivity contribution in [3.05, 3.63) is 59.0 Å². The Kier molecular flexibility index (Phi) is 5.26. The van der Waals surface area contributed by atoms with Crippen molar-refractivity contribution in [1.29, 1.82) is 0 Å². The number of hydrogen-bond donors (Lipinski definition) is 2. The van der Waals surface area contributed by atoms with Crippen LogP contribution >= 0.6 is 0 Å². The highest BCUT2D eigenvalue weighted by Gasteiger charge is 2.46. The number of halogens is 5. The van der Waals surface area contributed by atoms with Gasteiger partial charge in [0.1, 0.15) is 17.7 Å². The summed E-state index contributed by atoms with van der Waals surface area (Å²) in [7, 11) is 0. The summed E-state index contributed by atoms with van der Waals surface area (Å²) in [6.07, 6.45) is 0.354. The smallest absolute Gasteiger partial charge is 0.291 e. The number of carbonyl (C=O) groups excluding carboxylic acids is 2. The van der Waals surface area contributed by atoms with Crippen molar-refractivity contribution < 1.29 is 31.5 Å². The van der Waals surface area contributed by atoms with E-state index >= 15 is 0 Å². The Morgan fingerprint density at radius 1 is 1.21 bits per heavy atom. The van der Waals surface area contributed by atoms with Crippen LogP contribution in [-0.4, -0.2) is 28.9 Å². The van der Waals surface area contributed by atoms with Gasteiger partial charge in [-0.1, -0.05) is 6.07 Å². The van der Waals surface area contributed by atoms with Crippen molar-refractivity contribution in [2.75, 3.05) is 4.90 Å². The summed E-state index contributed by atoms with van der Waals surface area (Å²) in [5.41, 5.74) is 9.76. The minimum atomic E-state index is -4.21. The first-order chi connectivity index (χ1) is 13.5. The van der Waals surface area contributed by atoms with Gasteiger partial charge in [0.25, 0.3) is 5.92 Å². The number of primary amides is 1. The zero-order valence-corrected chi connectivity index (χ0v) is 14.7. The third-order valence-electron chi connectivity index (χ3n) is 4.65. The summed E-state index contributed by atoms with van der Waals surface area (Å²) in [4.78, 5) is 29.2. The maximum Gasteiger partial charge on any atom is 0.291 e. The second-order valence-corrected chi connectivity index (χ2v) is 6.55. The van der Waals surface area contributed by atoms with Gasteiger partial charge in [0.2, 0.25) is 11.8 Å². The number of aromatic nitrogens is 1. The van der Waals surface area contributed by atoms with Gasteiger partial charge < -0.3 is 11.5 Å². The molecule has 0 unspecified atom stereocenters. The molecule has 6 nitrogen and oxygen atoms in total. The minimum Gasteiger partial charge on any atom is -0.368 e. The lowest BCUT2D eigenvalue weighted by molar-refractivity contribution is -0.126. The number of rotatable bonds is 5. The van der Waals surface area contributed by atoms with Crippen LogP contribution in [-0.2, 0) is 21.9 Å². The number of fused-ring (bicyclic) bond motifs is 1. The number of alkyl halides is 2. The van der Waals surface area contributed by atoms with Gasteiger partial charge in [0.05, 0.1) is 11.6 Å². The summed E-state index contributed by atoms with van der Waals surface area (Å²) in [6.45, 7) is 0. The first-order valence-corrected chi connectivity index (χ1v) is 8.37. The zero-order chi connectivity index (χ0) is 21.5. The van der Waals surface area contributed by atoms with E-state index in [9.17, 15) is 31.5 Å². The number of pyridine rings is 1. The average molecular weight is 414 g/mol. The van der Waals surface area contributed by atoms with Gasteiger partial charge in [-0.25, -0.2) is 18.2 Å². The molecule has 1 aliphatic heterocycles. The second kappa shape index (κ2) is 7.39. The Hall–Kier alpha value is -3.08. The maximum atomic E-state index is 14.6. The van der Waals surface area contributed by atoms with Gasteiger partial charge in [-0.05, 0) is 17.7 Å². The van der Waals surface area contributed by atoms with Crippen LogP contribution in [0.1, 0.15) is 17.5 Å². The fourth-order valence-corrected chi connectivity index (χ4v) is 3.17. The van der Waals surface area contributed by atoms with E-state index in [0.29, 0.717) is 5.56 Å². The molecule has 4 N–H and O–H groups in total. The van der Waals surface area contributed by atoms with E-state index in [0.717, 1.165) is 4.90 Å². The van der Waals surface area contributed by atoms with Crippen molar-refractivity contribution in [2.45, 2.75) is 30.8 Å². The predicted molar refractivity (Wildman–Crippen MR) is 91.2 cm³/mol. The molecule has 0 radical (unpaired) electrons. The lowest BCUT2D eigenvalue weighted by atomic mass is 9.97. The monoisotopic (exact) mass is 414 g/mol. The molecule has 2 heterocycles. The maximum absolute atomic E-state index is 14.6. The predicted octanol–water partition coefficient (Wildman–Crippen LogP) is 1.75. The van der Waals surface area contributed by atoms with Crippen molar-refractivity contribution >= 4 is 17.6 Å². The molecule has 11 heteroatoms. The van der Waals surface area contributed by atoms with E-state index in [1.165, 1.54) is 6.20 Å². The van der Waals surface area contributed by atoms with Gasteiger partial charge in [-0.3, -0.25) is 14.5 Å². The summed E-state index contributed by atoms with van der Waals surface area (Å²) in [5.74, 6) is -11.0. The number of nitrogens with two attached hydrogens (primary N) is 2. The SMILES string of the molecule is NC(=O)[C@@H]1Cc2cccnc2N1C(=O)C[C@H](N)C(F)(F)c1cc(F)c(F)cc1F. The van der Waals surface area contributed by atoms with E-state index in [1.807, 2.05) is 0 Å². The molecule has 2 amide bonds. The molecule has 2 atom stereocenters. The zero-order valence-electron chi connectivity index (χ0n) is 14.7. The van der Waals surface area contributed by atoms with Crippen LogP contribution in [0.2, 0.25) is 0 Å². The van der Waals surface area contributed by atoms with E-state index < -0.39 is 59.3 Å². The molecule has 0 saturated heterocycles. The van der Waals surface area contributed by atoms with Gasteiger partial charge in [-0.2, -0.15) is 8.78 Å². The quantitative estimate of drug-likeness (QED) is 0.575. The summed E-state index contributed by atoms with van der Waals surface area (Å²) < 4.78 is 69.3. The minimum absolute atomic E-state index is 0.00602. The fraction of sp³-hybridized carbons (Fsp3) is 0.278. The Morgan fingerprint density at radius 2 is 1.86 bits per heavy atom.